The zero-order chi connectivity index (χ0) is 10.7. The van der Waals surface area contributed by atoms with E-state index in [1.54, 1.807) is 25.2 Å². The average molecular weight is 234 g/mol. The van der Waals surface area contributed by atoms with Crippen LogP contribution in [0.2, 0.25) is 10.0 Å². The van der Waals surface area contributed by atoms with Crippen LogP contribution in [0.1, 0.15) is 11.6 Å². The molecule has 0 amide bonds. The molecule has 2 N–H and O–H groups in total. The number of nitrogens with one attached hydrogen (secondary N) is 1. The molecule has 0 radical (unpaired) electrons. The highest BCUT2D eigenvalue weighted by molar-refractivity contribution is 6.42. The third-order valence-corrected chi connectivity index (χ3v) is 2.66. The fourth-order valence-electron chi connectivity index (χ4n) is 1.16. The lowest BCUT2D eigenvalue weighted by Crippen LogP contribution is -2.25. The predicted octanol–water partition coefficient (Wildman–Crippen LogP) is 2.34. The molecule has 1 atom stereocenters. The van der Waals surface area contributed by atoms with Gasteiger partial charge in [-0.25, -0.2) is 0 Å². The van der Waals surface area contributed by atoms with Crippen molar-refractivity contribution in [2.24, 2.45) is 0 Å². The zero-order valence-electron chi connectivity index (χ0n) is 7.42. The third-order valence-electron chi connectivity index (χ3n) is 1.83. The van der Waals surface area contributed by atoms with Crippen LogP contribution in [0.4, 0.5) is 0 Å². The van der Waals surface area contributed by atoms with Gasteiger partial charge in [-0.1, -0.05) is 35.3 Å². The molecule has 3 nitrogen and oxygen atoms in total. The number of benzene rings is 1. The van der Waals surface area contributed by atoms with Crippen LogP contribution in [-0.4, -0.2) is 18.1 Å². The van der Waals surface area contributed by atoms with Gasteiger partial charge in [0.2, 0.25) is 0 Å². The zero-order valence-corrected chi connectivity index (χ0v) is 8.93. The molecule has 0 aliphatic rings. The second-order valence-electron chi connectivity index (χ2n) is 2.70. The van der Waals surface area contributed by atoms with Gasteiger partial charge in [0.15, 0.2) is 0 Å². The monoisotopic (exact) mass is 233 g/mol. The number of rotatable bonds is 3. The molecule has 1 aromatic carbocycles. The Bertz CT molecular complexity index is 355. The second-order valence-corrected chi connectivity index (χ2v) is 3.49. The molecule has 0 aliphatic carbocycles. The lowest BCUT2D eigenvalue weighted by atomic mass is 10.1. The summed E-state index contributed by atoms with van der Waals surface area (Å²) in [5.41, 5.74) is 0.467. The van der Waals surface area contributed by atoms with E-state index in [1.165, 1.54) is 0 Å². The quantitative estimate of drug-likeness (QED) is 0.843. The van der Waals surface area contributed by atoms with Gasteiger partial charge in [-0.2, -0.15) is 0 Å². The molecule has 0 saturated carbocycles. The maximum Gasteiger partial charge on any atom is 0.325 e. The van der Waals surface area contributed by atoms with Crippen LogP contribution in [0.15, 0.2) is 18.2 Å². The largest absolute Gasteiger partial charge is 0.480 e. The van der Waals surface area contributed by atoms with Gasteiger partial charge in [0, 0.05) is 5.56 Å². The van der Waals surface area contributed by atoms with Crippen molar-refractivity contribution in [3.63, 3.8) is 0 Å². The van der Waals surface area contributed by atoms with E-state index in [2.05, 4.69) is 5.32 Å². The van der Waals surface area contributed by atoms with E-state index < -0.39 is 12.0 Å². The van der Waals surface area contributed by atoms with E-state index in [4.69, 9.17) is 28.3 Å². The average Bonchev–Trinajstić information content (AvgIpc) is 2.13. The fourth-order valence-corrected chi connectivity index (χ4v) is 1.57. The van der Waals surface area contributed by atoms with Crippen molar-refractivity contribution >= 4 is 29.2 Å². The number of hydrogen-bond donors (Lipinski definition) is 2. The highest BCUT2D eigenvalue weighted by atomic mass is 35.5. The molecule has 76 valence electrons. The van der Waals surface area contributed by atoms with Crippen LogP contribution >= 0.6 is 23.2 Å². The Hall–Kier alpha value is -0.770. The van der Waals surface area contributed by atoms with Gasteiger partial charge in [-0.3, -0.25) is 4.79 Å². The Labute approximate surface area is 91.6 Å². The van der Waals surface area contributed by atoms with E-state index in [0.29, 0.717) is 10.6 Å². The van der Waals surface area contributed by atoms with Gasteiger partial charge in [-0.15, -0.1) is 0 Å². The number of aliphatic carboxylic acids is 1. The number of carboxylic acids is 1. The molecule has 1 aromatic rings. The van der Waals surface area contributed by atoms with E-state index in [1.807, 2.05) is 0 Å². The third kappa shape index (κ3) is 2.18. The first-order chi connectivity index (χ1) is 6.57. The van der Waals surface area contributed by atoms with Gasteiger partial charge >= 0.3 is 5.97 Å². The molecule has 0 aromatic heterocycles. The van der Waals surface area contributed by atoms with E-state index in [9.17, 15) is 4.79 Å². The second kappa shape index (κ2) is 4.64. The lowest BCUT2D eigenvalue weighted by Gasteiger charge is -2.13. The molecule has 1 rings (SSSR count). The van der Waals surface area contributed by atoms with Crippen LogP contribution in [0.3, 0.4) is 0 Å². The van der Waals surface area contributed by atoms with Crippen molar-refractivity contribution in [2.45, 2.75) is 6.04 Å². The molecule has 0 saturated heterocycles. The highest BCUT2D eigenvalue weighted by Gasteiger charge is 2.20. The summed E-state index contributed by atoms with van der Waals surface area (Å²) in [7, 11) is 1.55. The normalized spacial score (nSPS) is 12.5. The molecule has 0 spiro atoms. The number of likely N-dealkylation sites (N-methyl/N-ethyl adjacent to an activating group) is 1. The van der Waals surface area contributed by atoms with Gasteiger partial charge < -0.3 is 10.4 Å². The SMILES string of the molecule is CNC(C(=O)O)c1cccc(Cl)c1Cl. The van der Waals surface area contributed by atoms with Crippen molar-refractivity contribution in [2.75, 3.05) is 7.05 Å². The van der Waals surface area contributed by atoms with Crippen LogP contribution < -0.4 is 5.32 Å². The lowest BCUT2D eigenvalue weighted by molar-refractivity contribution is -0.139. The molecular weight excluding hydrogens is 225 g/mol. The Morgan fingerprint density at radius 2 is 2.14 bits per heavy atom. The Kier molecular flexibility index (Phi) is 3.75. The summed E-state index contributed by atoms with van der Waals surface area (Å²) >= 11 is 11.6. The fraction of sp³-hybridized carbons (Fsp3) is 0.222. The first kappa shape index (κ1) is 11.3. The Morgan fingerprint density at radius 1 is 1.50 bits per heavy atom. The Morgan fingerprint density at radius 3 is 2.64 bits per heavy atom. The van der Waals surface area contributed by atoms with Crippen molar-refractivity contribution < 1.29 is 9.90 Å². The minimum absolute atomic E-state index is 0.274. The minimum atomic E-state index is -0.989. The minimum Gasteiger partial charge on any atom is -0.480 e. The summed E-state index contributed by atoms with van der Waals surface area (Å²) in [6.45, 7) is 0. The van der Waals surface area contributed by atoms with Crippen molar-refractivity contribution in [3.05, 3.63) is 33.8 Å². The maximum atomic E-state index is 10.8. The van der Waals surface area contributed by atoms with Crippen molar-refractivity contribution in [1.29, 1.82) is 0 Å². The number of carbonyl (C=O) groups is 1. The summed E-state index contributed by atoms with van der Waals surface area (Å²) in [5, 5.41) is 12.1. The standard InChI is InChI=1S/C9H9Cl2NO2/c1-12-8(9(13)14)5-3-2-4-6(10)7(5)11/h2-4,8,12H,1H3,(H,13,14). The van der Waals surface area contributed by atoms with Gasteiger partial charge in [-0.05, 0) is 13.1 Å². The summed E-state index contributed by atoms with van der Waals surface area (Å²) in [5.74, 6) is -0.989. The first-order valence-electron chi connectivity index (χ1n) is 3.92. The van der Waals surface area contributed by atoms with Crippen molar-refractivity contribution in [3.8, 4) is 0 Å². The summed E-state index contributed by atoms with van der Waals surface area (Å²) in [6.07, 6.45) is 0. The smallest absolute Gasteiger partial charge is 0.325 e. The molecule has 0 fully saturated rings. The van der Waals surface area contributed by atoms with E-state index in [0.717, 1.165) is 0 Å². The first-order valence-corrected chi connectivity index (χ1v) is 4.67. The molecule has 0 bridgehead atoms. The molecule has 1 unspecified atom stereocenters. The van der Waals surface area contributed by atoms with Gasteiger partial charge in [0.05, 0.1) is 10.0 Å². The number of hydrogen-bond acceptors (Lipinski definition) is 2. The van der Waals surface area contributed by atoms with Crippen LogP contribution in [0.25, 0.3) is 0 Å². The Balaban J connectivity index is 3.16. The van der Waals surface area contributed by atoms with Crippen LogP contribution in [-0.2, 0) is 4.79 Å². The summed E-state index contributed by atoms with van der Waals surface area (Å²) < 4.78 is 0. The maximum absolute atomic E-state index is 10.8. The molecular formula is C9H9Cl2NO2. The van der Waals surface area contributed by atoms with Crippen LogP contribution in [0, 0.1) is 0 Å². The van der Waals surface area contributed by atoms with E-state index in [-0.39, 0.29) is 5.02 Å². The van der Waals surface area contributed by atoms with Gasteiger partial charge in [0.1, 0.15) is 6.04 Å². The number of halogens is 2. The van der Waals surface area contributed by atoms with Gasteiger partial charge in [0.25, 0.3) is 0 Å². The molecule has 0 heterocycles. The van der Waals surface area contributed by atoms with Crippen LogP contribution in [0.5, 0.6) is 0 Å². The predicted molar refractivity (Wildman–Crippen MR) is 55.9 cm³/mol. The number of carboxylic acid groups (broad SMARTS) is 1. The molecule has 5 heteroatoms. The highest BCUT2D eigenvalue weighted by Crippen LogP contribution is 2.29. The summed E-state index contributed by atoms with van der Waals surface area (Å²) in [6, 6.07) is 4.07. The van der Waals surface area contributed by atoms with Crippen molar-refractivity contribution in [1.82, 2.24) is 5.32 Å². The summed E-state index contributed by atoms with van der Waals surface area (Å²) in [4.78, 5) is 10.8. The molecule has 0 aliphatic heterocycles. The van der Waals surface area contributed by atoms with E-state index >= 15 is 0 Å². The molecule has 14 heavy (non-hydrogen) atoms. The topological polar surface area (TPSA) is 49.3 Å².